The highest BCUT2D eigenvalue weighted by atomic mass is 16.5. The van der Waals surface area contributed by atoms with E-state index in [9.17, 15) is 4.79 Å². The highest BCUT2D eigenvalue weighted by molar-refractivity contribution is 5.94. The van der Waals surface area contributed by atoms with Crippen LogP contribution >= 0.6 is 0 Å². The molecule has 1 aromatic heterocycles. The van der Waals surface area contributed by atoms with Crippen LogP contribution in [0.15, 0.2) is 12.3 Å². The van der Waals surface area contributed by atoms with E-state index in [1.807, 2.05) is 23.9 Å². The summed E-state index contributed by atoms with van der Waals surface area (Å²) in [6, 6.07) is 1.99. The number of aryl methyl sites for hydroxylation is 1. The smallest absolute Gasteiger partial charge is 0.161 e. The molecule has 1 aromatic rings. The first kappa shape index (κ1) is 15.2. The average molecular weight is 280 g/mol. The van der Waals surface area contributed by atoms with Gasteiger partial charge in [-0.05, 0) is 19.4 Å². The van der Waals surface area contributed by atoms with Gasteiger partial charge in [-0.2, -0.15) is 0 Å². The molecule has 1 fully saturated rings. The molecule has 2 heterocycles. The molecule has 5 heteroatoms. The molecule has 112 valence electrons. The Morgan fingerprint density at radius 2 is 2.35 bits per heavy atom. The summed E-state index contributed by atoms with van der Waals surface area (Å²) in [7, 11) is 3.71. The van der Waals surface area contributed by atoms with Crippen molar-refractivity contribution in [2.45, 2.75) is 26.0 Å². The van der Waals surface area contributed by atoms with Crippen molar-refractivity contribution in [1.82, 2.24) is 9.47 Å². The lowest BCUT2D eigenvalue weighted by atomic mass is 10.2. The predicted molar refractivity (Wildman–Crippen MR) is 76.9 cm³/mol. The van der Waals surface area contributed by atoms with Gasteiger partial charge in [0.25, 0.3) is 0 Å². The summed E-state index contributed by atoms with van der Waals surface area (Å²) in [6.07, 6.45) is 3.08. The Bertz CT molecular complexity index is 456. The van der Waals surface area contributed by atoms with E-state index in [0.717, 1.165) is 44.8 Å². The third-order valence-corrected chi connectivity index (χ3v) is 3.77. The summed E-state index contributed by atoms with van der Waals surface area (Å²) < 4.78 is 12.9. The number of ether oxygens (including phenoxy) is 2. The van der Waals surface area contributed by atoms with Crippen LogP contribution in [0.2, 0.25) is 0 Å². The second kappa shape index (κ2) is 7.02. The first-order valence-corrected chi connectivity index (χ1v) is 7.09. The maximum absolute atomic E-state index is 11.4. The molecular weight excluding hydrogens is 256 g/mol. The van der Waals surface area contributed by atoms with Gasteiger partial charge >= 0.3 is 0 Å². The number of morpholine rings is 1. The summed E-state index contributed by atoms with van der Waals surface area (Å²) in [5.41, 5.74) is 1.95. The molecular formula is C15H24N2O3. The minimum absolute atomic E-state index is 0.117. The fraction of sp³-hybridized carbons (Fsp3) is 0.667. The van der Waals surface area contributed by atoms with Crippen molar-refractivity contribution < 1.29 is 14.3 Å². The zero-order valence-corrected chi connectivity index (χ0v) is 12.6. The number of carbonyl (C=O) groups is 1. The van der Waals surface area contributed by atoms with Gasteiger partial charge in [-0.1, -0.05) is 0 Å². The Labute approximate surface area is 120 Å². The summed E-state index contributed by atoms with van der Waals surface area (Å²) in [4.78, 5) is 13.8. The van der Waals surface area contributed by atoms with Crippen molar-refractivity contribution in [2.75, 3.05) is 33.4 Å². The van der Waals surface area contributed by atoms with Gasteiger partial charge in [-0.25, -0.2) is 0 Å². The minimum atomic E-state index is 0.117. The predicted octanol–water partition coefficient (Wildman–Crippen LogP) is 1.46. The van der Waals surface area contributed by atoms with Crippen LogP contribution in [0.25, 0.3) is 0 Å². The number of ketones is 1. The molecule has 0 radical (unpaired) electrons. The van der Waals surface area contributed by atoms with Gasteiger partial charge in [0, 0.05) is 57.9 Å². The zero-order valence-electron chi connectivity index (χ0n) is 12.6. The van der Waals surface area contributed by atoms with E-state index in [1.165, 1.54) is 5.69 Å². The Hall–Kier alpha value is -1.17. The molecule has 20 heavy (non-hydrogen) atoms. The lowest BCUT2D eigenvalue weighted by Crippen LogP contribution is -2.42. The number of hydrogen-bond donors (Lipinski definition) is 0. The number of aromatic nitrogens is 1. The molecule has 0 bridgehead atoms. The third kappa shape index (κ3) is 3.91. The molecule has 0 unspecified atom stereocenters. The standard InChI is InChI=1S/C15H24N2O3/c1-12(18)13-8-14(16(2)9-13)10-17-5-7-20-15(11-17)4-6-19-3/h8-9,15H,4-7,10-11H2,1-3H3/t15-/m1/s1. The Balaban J connectivity index is 1.93. The Morgan fingerprint density at radius 3 is 3.00 bits per heavy atom. The molecule has 2 rings (SSSR count). The lowest BCUT2D eigenvalue weighted by Gasteiger charge is -2.32. The van der Waals surface area contributed by atoms with E-state index in [1.54, 1.807) is 14.0 Å². The van der Waals surface area contributed by atoms with Crippen LogP contribution in [0.4, 0.5) is 0 Å². The lowest BCUT2D eigenvalue weighted by molar-refractivity contribution is -0.0437. The molecule has 0 N–H and O–H groups in total. The van der Waals surface area contributed by atoms with E-state index < -0.39 is 0 Å². The normalized spacial score (nSPS) is 20.2. The van der Waals surface area contributed by atoms with E-state index in [2.05, 4.69) is 4.90 Å². The monoisotopic (exact) mass is 280 g/mol. The molecule has 0 spiro atoms. The Kier molecular flexibility index (Phi) is 5.34. The second-order valence-corrected chi connectivity index (χ2v) is 5.40. The maximum Gasteiger partial charge on any atom is 0.161 e. The second-order valence-electron chi connectivity index (χ2n) is 5.40. The first-order valence-electron chi connectivity index (χ1n) is 7.09. The molecule has 1 aliphatic rings. The molecule has 1 aliphatic heterocycles. The van der Waals surface area contributed by atoms with Crippen LogP contribution in [-0.4, -0.2) is 54.8 Å². The van der Waals surface area contributed by atoms with Crippen molar-refractivity contribution in [3.05, 3.63) is 23.5 Å². The van der Waals surface area contributed by atoms with Gasteiger partial charge in [0.2, 0.25) is 0 Å². The van der Waals surface area contributed by atoms with E-state index in [0.29, 0.717) is 0 Å². The van der Waals surface area contributed by atoms with Crippen molar-refractivity contribution in [1.29, 1.82) is 0 Å². The fourth-order valence-electron chi connectivity index (χ4n) is 2.54. The topological polar surface area (TPSA) is 43.7 Å². The molecule has 0 saturated carbocycles. The van der Waals surface area contributed by atoms with Gasteiger partial charge in [0.15, 0.2) is 5.78 Å². The van der Waals surface area contributed by atoms with Gasteiger partial charge in [-0.15, -0.1) is 0 Å². The number of Topliss-reactive ketones (excluding diaryl/α,β-unsaturated/α-hetero) is 1. The van der Waals surface area contributed by atoms with Crippen LogP contribution in [-0.2, 0) is 23.1 Å². The van der Waals surface area contributed by atoms with Crippen molar-refractivity contribution >= 4 is 5.78 Å². The maximum atomic E-state index is 11.4. The van der Waals surface area contributed by atoms with Crippen molar-refractivity contribution in [3.63, 3.8) is 0 Å². The number of hydrogen-bond acceptors (Lipinski definition) is 4. The summed E-state index contributed by atoms with van der Waals surface area (Å²) in [5, 5.41) is 0. The fourth-order valence-corrected chi connectivity index (χ4v) is 2.54. The zero-order chi connectivity index (χ0) is 14.5. The van der Waals surface area contributed by atoms with Gasteiger partial charge in [-0.3, -0.25) is 9.69 Å². The molecule has 1 saturated heterocycles. The van der Waals surface area contributed by atoms with E-state index in [4.69, 9.17) is 9.47 Å². The van der Waals surface area contributed by atoms with Crippen molar-refractivity contribution in [2.24, 2.45) is 7.05 Å². The van der Waals surface area contributed by atoms with Crippen LogP contribution in [0.3, 0.4) is 0 Å². The molecule has 0 aromatic carbocycles. The number of rotatable bonds is 6. The first-order chi connectivity index (χ1) is 9.60. The van der Waals surface area contributed by atoms with Crippen LogP contribution < -0.4 is 0 Å². The molecule has 0 aliphatic carbocycles. The van der Waals surface area contributed by atoms with Crippen LogP contribution in [0.1, 0.15) is 29.4 Å². The Morgan fingerprint density at radius 1 is 1.55 bits per heavy atom. The summed E-state index contributed by atoms with van der Waals surface area (Å²) in [6.45, 7) is 5.81. The minimum Gasteiger partial charge on any atom is -0.385 e. The van der Waals surface area contributed by atoms with Crippen LogP contribution in [0.5, 0.6) is 0 Å². The number of carbonyl (C=O) groups excluding carboxylic acids is 1. The third-order valence-electron chi connectivity index (χ3n) is 3.77. The highest BCUT2D eigenvalue weighted by Crippen LogP contribution is 2.15. The highest BCUT2D eigenvalue weighted by Gasteiger charge is 2.21. The number of methoxy groups -OCH3 is 1. The molecule has 5 nitrogen and oxygen atoms in total. The summed E-state index contributed by atoms with van der Waals surface area (Å²) >= 11 is 0. The number of nitrogens with zero attached hydrogens (tertiary/aromatic N) is 2. The van der Waals surface area contributed by atoms with Gasteiger partial charge in [0.1, 0.15) is 0 Å². The molecule has 1 atom stereocenters. The molecule has 0 amide bonds. The quantitative estimate of drug-likeness (QED) is 0.740. The van der Waals surface area contributed by atoms with E-state index in [-0.39, 0.29) is 11.9 Å². The average Bonchev–Trinajstić information content (AvgIpc) is 2.79. The van der Waals surface area contributed by atoms with Crippen LogP contribution in [0, 0.1) is 0 Å². The van der Waals surface area contributed by atoms with E-state index >= 15 is 0 Å². The van der Waals surface area contributed by atoms with Gasteiger partial charge < -0.3 is 14.0 Å². The SMILES string of the molecule is COCC[C@@H]1CN(Cc2cc(C(C)=O)cn2C)CCO1. The largest absolute Gasteiger partial charge is 0.385 e. The summed E-state index contributed by atoms with van der Waals surface area (Å²) in [5.74, 6) is 0.117. The van der Waals surface area contributed by atoms with Crippen molar-refractivity contribution in [3.8, 4) is 0 Å². The van der Waals surface area contributed by atoms with Gasteiger partial charge in [0.05, 0.1) is 12.7 Å².